The van der Waals surface area contributed by atoms with Crippen LogP contribution in [0, 0.1) is 46.3 Å². The number of benzene rings is 2. The zero-order valence-corrected chi connectivity index (χ0v) is 46.2. The number of ketones is 1. The number of phenolic OH excluding ortho intramolecular Hbond substituents is 2. The van der Waals surface area contributed by atoms with Gasteiger partial charge in [0.1, 0.15) is 19.0 Å². The largest absolute Gasteiger partial charge is 0.508 e. The number of aromatic nitrogens is 3. The van der Waals surface area contributed by atoms with Gasteiger partial charge in [0.15, 0.2) is 28.8 Å². The highest BCUT2D eigenvalue weighted by molar-refractivity contribution is 6.07. The number of methoxy groups -OCH3 is 2. The highest BCUT2D eigenvalue weighted by Gasteiger charge is 2.59. The zero-order chi connectivity index (χ0) is 54.4. The first kappa shape index (κ1) is 57.8. The van der Waals surface area contributed by atoms with Crippen molar-refractivity contribution in [1.29, 1.82) is 0 Å². The minimum atomic E-state index is -0.505. The standard InChI is InChI=1S/C61H85N5O10/c1-40(2)11-10-12-41(3)49-19-20-50-47-18-17-44-35-46(25-27-60(44,4)51(47)26-28-61(49,50)5)76-32-9-8-29-62-58(71)38-75-39-59(72)63-30-31-66-37-45(64-65-66)36-48(52(67)21-13-42-15-23-54(69)56(33-42)73-6)53(68)22-14-43-16-24-55(70)57(34-43)74-7/h13-17,21-24,33-34,37,40-41,46-47,49-51,67,69-70H,8-12,18-20,25-32,35-36,38-39H2,1-7H3,(H,62,71)(H,63,72)/b21-13+,22-14+,52-48?/t41-,46+,47+,49-,50+,51+,60+,61-/m1/s1. The second-order valence-electron chi connectivity index (χ2n) is 22.8. The molecular formula is C61H85N5O10. The first-order valence-corrected chi connectivity index (χ1v) is 27.9. The van der Waals surface area contributed by atoms with Gasteiger partial charge in [-0.2, -0.15) is 0 Å². The number of amides is 2. The number of phenols is 2. The number of hydrogen-bond donors (Lipinski definition) is 5. The number of unbranched alkanes of at least 4 members (excludes halogenated alkanes) is 1. The third kappa shape index (κ3) is 14.8. The van der Waals surface area contributed by atoms with E-state index in [2.05, 4.69) is 61.6 Å². The average Bonchev–Trinajstić information content (AvgIpc) is 4.10. The monoisotopic (exact) mass is 1050 g/mol. The molecule has 76 heavy (non-hydrogen) atoms. The van der Waals surface area contributed by atoms with E-state index in [9.17, 15) is 29.7 Å². The SMILES string of the molecule is COc1cc(/C=C/C(=O)C(Cc2cn(CCNC(=O)COCC(=O)NCCCCO[C@H]3CC[C@@]4(C)C(=CC[C@H]5[C@@H]6CC[C@H]([C@H](C)CCCC(C)C)[C@@]6(C)CC[C@@H]54)C3)nn2)=C(O)/C=C/c2ccc(O)c(OC)c2)ccc1O. The molecule has 2 amide bonds. The molecule has 4 aliphatic carbocycles. The molecular weight excluding hydrogens is 963 g/mol. The number of aliphatic hydroxyl groups is 1. The second kappa shape index (κ2) is 26.9. The molecule has 1 aromatic heterocycles. The van der Waals surface area contributed by atoms with E-state index in [1.807, 2.05) is 0 Å². The average molecular weight is 1050 g/mol. The van der Waals surface area contributed by atoms with Crippen molar-refractivity contribution in [2.75, 3.05) is 47.1 Å². The molecule has 0 unspecified atom stereocenters. The van der Waals surface area contributed by atoms with E-state index < -0.39 is 11.7 Å². The van der Waals surface area contributed by atoms with Crippen molar-refractivity contribution in [3.63, 3.8) is 0 Å². The summed E-state index contributed by atoms with van der Waals surface area (Å²) in [4.78, 5) is 38.6. The summed E-state index contributed by atoms with van der Waals surface area (Å²) in [6.45, 7) is 13.7. The Hall–Kier alpha value is -5.93. The number of ether oxygens (including phenoxy) is 4. The molecule has 2 aromatic carbocycles. The van der Waals surface area contributed by atoms with Gasteiger partial charge in [-0.3, -0.25) is 19.1 Å². The Morgan fingerprint density at radius 3 is 2.20 bits per heavy atom. The molecule has 0 radical (unpaired) electrons. The van der Waals surface area contributed by atoms with Gasteiger partial charge in [0.2, 0.25) is 11.8 Å². The van der Waals surface area contributed by atoms with Gasteiger partial charge in [0.05, 0.1) is 32.6 Å². The quantitative estimate of drug-likeness (QED) is 0.0159. The summed E-state index contributed by atoms with van der Waals surface area (Å²) >= 11 is 0. The Morgan fingerprint density at radius 1 is 0.829 bits per heavy atom. The molecule has 15 heteroatoms. The number of carbonyl (C=O) groups excluding carboxylic acids is 3. The van der Waals surface area contributed by atoms with E-state index in [0.29, 0.717) is 40.8 Å². The lowest BCUT2D eigenvalue weighted by Gasteiger charge is -2.58. The molecule has 3 fully saturated rings. The van der Waals surface area contributed by atoms with Crippen LogP contribution in [-0.2, 0) is 36.8 Å². The lowest BCUT2D eigenvalue weighted by molar-refractivity contribution is -0.131. The Labute approximate surface area is 450 Å². The molecule has 5 N–H and O–H groups in total. The van der Waals surface area contributed by atoms with E-state index in [1.165, 1.54) is 107 Å². The molecule has 3 saturated carbocycles. The van der Waals surface area contributed by atoms with Crippen LogP contribution >= 0.6 is 0 Å². The van der Waals surface area contributed by atoms with Crippen molar-refractivity contribution >= 4 is 29.7 Å². The predicted octanol–water partition coefficient (Wildman–Crippen LogP) is 10.5. The van der Waals surface area contributed by atoms with Crippen LogP contribution < -0.4 is 20.1 Å². The van der Waals surface area contributed by atoms with Crippen molar-refractivity contribution in [1.82, 2.24) is 25.6 Å². The van der Waals surface area contributed by atoms with Crippen LogP contribution in [0.15, 0.2) is 77.7 Å². The van der Waals surface area contributed by atoms with Crippen LogP contribution in [0.2, 0.25) is 0 Å². The maximum absolute atomic E-state index is 13.6. The summed E-state index contributed by atoms with van der Waals surface area (Å²) in [7, 11) is 2.85. The molecule has 414 valence electrons. The predicted molar refractivity (Wildman–Crippen MR) is 295 cm³/mol. The number of hydrogen-bond acceptors (Lipinski definition) is 12. The summed E-state index contributed by atoms with van der Waals surface area (Å²) < 4.78 is 23.7. The van der Waals surface area contributed by atoms with Gasteiger partial charge in [-0.05, 0) is 158 Å². The number of allylic oxidation sites excluding steroid dienone is 4. The van der Waals surface area contributed by atoms with Gasteiger partial charge in [0.25, 0.3) is 0 Å². The Bertz CT molecular complexity index is 2580. The third-order valence-electron chi connectivity index (χ3n) is 17.5. The second-order valence-corrected chi connectivity index (χ2v) is 22.8. The summed E-state index contributed by atoms with van der Waals surface area (Å²) in [5.41, 5.74) is 4.07. The van der Waals surface area contributed by atoms with Crippen LogP contribution in [0.5, 0.6) is 23.0 Å². The van der Waals surface area contributed by atoms with Gasteiger partial charge in [-0.25, -0.2) is 0 Å². The number of aromatic hydroxyl groups is 2. The third-order valence-corrected chi connectivity index (χ3v) is 17.5. The number of rotatable bonds is 27. The van der Waals surface area contributed by atoms with Gasteiger partial charge < -0.3 is 44.9 Å². The smallest absolute Gasteiger partial charge is 0.246 e. The number of nitrogens with one attached hydrogen (secondary N) is 2. The maximum atomic E-state index is 13.6. The van der Waals surface area contributed by atoms with E-state index in [1.54, 1.807) is 42.1 Å². The van der Waals surface area contributed by atoms with Crippen molar-refractivity contribution in [2.45, 2.75) is 137 Å². The van der Waals surface area contributed by atoms with Gasteiger partial charge in [-0.1, -0.05) is 95.0 Å². The van der Waals surface area contributed by atoms with Crippen LogP contribution in [0.1, 0.15) is 135 Å². The van der Waals surface area contributed by atoms with E-state index in [4.69, 9.17) is 18.9 Å². The van der Waals surface area contributed by atoms with E-state index in [0.717, 1.165) is 61.2 Å². The first-order valence-electron chi connectivity index (χ1n) is 27.9. The van der Waals surface area contributed by atoms with Crippen molar-refractivity contribution in [3.8, 4) is 23.0 Å². The summed E-state index contributed by atoms with van der Waals surface area (Å²) in [5, 5.41) is 45.1. The lowest BCUT2D eigenvalue weighted by atomic mass is 9.47. The topological polar surface area (TPSA) is 204 Å². The minimum Gasteiger partial charge on any atom is -0.508 e. The van der Waals surface area contributed by atoms with Gasteiger partial charge in [0, 0.05) is 37.9 Å². The number of carbonyl (C=O) groups is 3. The molecule has 4 aliphatic rings. The fraction of sp³-hybridized carbons (Fsp3) is 0.590. The van der Waals surface area contributed by atoms with E-state index >= 15 is 0 Å². The van der Waals surface area contributed by atoms with Crippen LogP contribution in [0.25, 0.3) is 12.2 Å². The Morgan fingerprint density at radius 2 is 1.51 bits per heavy atom. The molecule has 15 nitrogen and oxygen atoms in total. The zero-order valence-electron chi connectivity index (χ0n) is 46.2. The number of nitrogens with zero attached hydrogens (tertiary/aromatic N) is 3. The van der Waals surface area contributed by atoms with Gasteiger partial charge >= 0.3 is 0 Å². The molecule has 1 heterocycles. The normalized spacial score (nSPS) is 24.8. The number of aliphatic hydroxyl groups excluding tert-OH is 1. The summed E-state index contributed by atoms with van der Waals surface area (Å²) in [5.74, 6) is 3.93. The maximum Gasteiger partial charge on any atom is 0.246 e. The van der Waals surface area contributed by atoms with Crippen LogP contribution in [0.4, 0.5) is 0 Å². The van der Waals surface area contributed by atoms with Crippen molar-refractivity contribution < 1.29 is 48.7 Å². The van der Waals surface area contributed by atoms with Crippen LogP contribution in [-0.4, -0.2) is 101 Å². The first-order chi connectivity index (χ1) is 36.5. The summed E-state index contributed by atoms with van der Waals surface area (Å²) in [6.07, 6.45) is 26.3. The van der Waals surface area contributed by atoms with Gasteiger partial charge in [-0.15, -0.1) is 5.10 Å². The fourth-order valence-electron chi connectivity index (χ4n) is 13.3. The molecule has 0 aliphatic heterocycles. The molecule has 0 saturated heterocycles. The highest BCUT2D eigenvalue weighted by Crippen LogP contribution is 2.67. The minimum absolute atomic E-state index is 0.0250. The van der Waals surface area contributed by atoms with Crippen molar-refractivity contribution in [2.24, 2.45) is 46.3 Å². The Kier molecular flexibility index (Phi) is 20.4. The molecule has 3 aromatic rings. The summed E-state index contributed by atoms with van der Waals surface area (Å²) in [6, 6.07) is 9.30. The van der Waals surface area contributed by atoms with Crippen molar-refractivity contribution in [3.05, 3.63) is 94.5 Å². The molecule has 7 rings (SSSR count). The lowest BCUT2D eigenvalue weighted by Crippen LogP contribution is -2.51. The van der Waals surface area contributed by atoms with E-state index in [-0.39, 0.29) is 79.1 Å². The molecule has 0 bridgehead atoms. The number of fused-ring (bicyclic) bond motifs is 5. The molecule has 8 atom stereocenters. The highest BCUT2D eigenvalue weighted by atomic mass is 16.5. The fourth-order valence-corrected chi connectivity index (χ4v) is 13.3. The molecule has 0 spiro atoms. The van der Waals surface area contributed by atoms with Crippen LogP contribution in [0.3, 0.4) is 0 Å². The Balaban J connectivity index is 0.780.